The SMILES string of the molecule is CCc1ccc(CC(=O)Nc2nnc([C@H]3CCC[C@H](c4nnc(NC(=O)Cc5ccc(OC)cn5)s4)C3)s2)nc1. The molecule has 13 heteroatoms. The quantitative estimate of drug-likeness (QED) is 0.277. The molecule has 0 aromatic carbocycles. The second kappa shape index (κ2) is 13.0. The van der Waals surface area contributed by atoms with Crippen LogP contribution >= 0.6 is 22.7 Å². The van der Waals surface area contributed by atoms with Crippen molar-refractivity contribution in [2.45, 2.75) is 63.7 Å². The van der Waals surface area contributed by atoms with Gasteiger partial charge < -0.3 is 15.4 Å². The molecule has 208 valence electrons. The molecule has 2 atom stereocenters. The van der Waals surface area contributed by atoms with Crippen molar-refractivity contribution >= 4 is 44.8 Å². The smallest absolute Gasteiger partial charge is 0.232 e. The Balaban J connectivity index is 1.13. The van der Waals surface area contributed by atoms with Crippen LogP contribution in [0.2, 0.25) is 0 Å². The Labute approximate surface area is 239 Å². The second-order valence-corrected chi connectivity index (χ2v) is 11.6. The molecule has 1 aliphatic rings. The van der Waals surface area contributed by atoms with Gasteiger partial charge in [0, 0.05) is 29.4 Å². The van der Waals surface area contributed by atoms with Crippen molar-refractivity contribution in [1.82, 2.24) is 30.4 Å². The number of amides is 2. The second-order valence-electron chi connectivity index (χ2n) is 9.60. The van der Waals surface area contributed by atoms with Crippen molar-refractivity contribution in [3.8, 4) is 5.75 Å². The Morgan fingerprint density at radius 3 is 1.90 bits per heavy atom. The van der Waals surface area contributed by atoms with Gasteiger partial charge in [-0.25, -0.2) is 0 Å². The van der Waals surface area contributed by atoms with E-state index in [9.17, 15) is 9.59 Å². The minimum atomic E-state index is -0.195. The predicted molar refractivity (Wildman–Crippen MR) is 153 cm³/mol. The Bertz CT molecular complexity index is 1330. The summed E-state index contributed by atoms with van der Waals surface area (Å²) >= 11 is 2.83. The first-order valence-corrected chi connectivity index (χ1v) is 14.8. The predicted octanol–water partition coefficient (Wildman–Crippen LogP) is 4.55. The molecular formula is C27H30N8O3S2. The molecule has 0 unspecified atom stereocenters. The van der Waals surface area contributed by atoms with Crippen LogP contribution in [0.15, 0.2) is 36.7 Å². The average molecular weight is 579 g/mol. The van der Waals surface area contributed by atoms with E-state index in [1.165, 1.54) is 22.7 Å². The third kappa shape index (κ3) is 7.21. The monoisotopic (exact) mass is 578 g/mol. The van der Waals surface area contributed by atoms with Gasteiger partial charge in [-0.1, -0.05) is 42.1 Å². The molecule has 2 amide bonds. The number of hydrogen-bond donors (Lipinski definition) is 2. The molecular weight excluding hydrogens is 548 g/mol. The minimum Gasteiger partial charge on any atom is -0.495 e. The van der Waals surface area contributed by atoms with Gasteiger partial charge in [0.15, 0.2) is 0 Å². The molecule has 0 aliphatic heterocycles. The van der Waals surface area contributed by atoms with Crippen molar-refractivity contribution in [1.29, 1.82) is 0 Å². The number of ether oxygens (including phenoxy) is 1. The summed E-state index contributed by atoms with van der Waals surface area (Å²) in [5.74, 6) is 0.744. The first-order valence-electron chi connectivity index (χ1n) is 13.2. The van der Waals surface area contributed by atoms with Gasteiger partial charge in [0.05, 0.1) is 26.1 Å². The number of pyridine rings is 2. The van der Waals surface area contributed by atoms with Crippen molar-refractivity contribution < 1.29 is 14.3 Å². The van der Waals surface area contributed by atoms with E-state index in [0.29, 0.717) is 21.7 Å². The molecule has 4 aromatic heterocycles. The molecule has 0 bridgehead atoms. The van der Waals surface area contributed by atoms with Crippen LogP contribution in [-0.2, 0) is 28.9 Å². The minimum absolute atomic E-state index is 0.141. The number of anilines is 2. The van der Waals surface area contributed by atoms with E-state index in [1.807, 2.05) is 12.1 Å². The molecule has 0 spiro atoms. The number of nitrogens with zero attached hydrogens (tertiary/aromatic N) is 6. The fourth-order valence-electron chi connectivity index (χ4n) is 4.60. The molecule has 0 saturated heterocycles. The molecule has 4 aromatic rings. The highest BCUT2D eigenvalue weighted by Crippen LogP contribution is 2.43. The number of hydrogen-bond acceptors (Lipinski definition) is 11. The van der Waals surface area contributed by atoms with Crippen LogP contribution in [-0.4, -0.2) is 49.3 Å². The lowest BCUT2D eigenvalue weighted by Gasteiger charge is -2.25. The maximum atomic E-state index is 12.5. The van der Waals surface area contributed by atoms with Crippen LogP contribution < -0.4 is 15.4 Å². The van der Waals surface area contributed by atoms with Crippen LogP contribution in [0.3, 0.4) is 0 Å². The lowest BCUT2D eigenvalue weighted by Crippen LogP contribution is -2.15. The van der Waals surface area contributed by atoms with E-state index in [-0.39, 0.29) is 36.5 Å². The van der Waals surface area contributed by atoms with Crippen LogP contribution in [0, 0.1) is 0 Å². The highest BCUT2D eigenvalue weighted by Gasteiger charge is 2.29. The van der Waals surface area contributed by atoms with E-state index in [0.717, 1.165) is 53.4 Å². The highest BCUT2D eigenvalue weighted by molar-refractivity contribution is 7.15. The molecule has 5 rings (SSSR count). The summed E-state index contributed by atoms with van der Waals surface area (Å²) in [6.07, 6.45) is 8.54. The van der Waals surface area contributed by atoms with Gasteiger partial charge in [-0.15, -0.1) is 20.4 Å². The summed E-state index contributed by atoms with van der Waals surface area (Å²) in [7, 11) is 1.57. The molecule has 2 N–H and O–H groups in total. The summed E-state index contributed by atoms with van der Waals surface area (Å²) in [6, 6.07) is 7.41. The van der Waals surface area contributed by atoms with Gasteiger partial charge >= 0.3 is 0 Å². The molecule has 11 nitrogen and oxygen atoms in total. The van der Waals surface area contributed by atoms with Crippen molar-refractivity contribution in [2.75, 3.05) is 17.7 Å². The standard InChI is InChI=1S/C27H30N8O3S2/c1-3-16-7-8-19(28-14-16)12-22(36)30-26-34-32-24(39-26)17-5-4-6-18(11-17)25-33-35-27(40-25)31-23(37)13-20-9-10-21(38-2)15-29-20/h7-10,14-15,17-18H,3-6,11-13H2,1-2H3,(H,30,34,36)(H,31,35,37)/t17-,18-/m0/s1. The Hall–Kier alpha value is -3.84. The topological polar surface area (TPSA) is 145 Å². The zero-order valence-corrected chi connectivity index (χ0v) is 23.9. The van der Waals surface area contributed by atoms with Crippen LogP contribution in [0.5, 0.6) is 5.75 Å². The number of methoxy groups -OCH3 is 1. The Morgan fingerprint density at radius 2 is 1.43 bits per heavy atom. The van der Waals surface area contributed by atoms with Gasteiger partial charge in [0.1, 0.15) is 15.8 Å². The third-order valence-corrected chi connectivity index (χ3v) is 8.76. The van der Waals surface area contributed by atoms with E-state index in [2.05, 4.69) is 47.9 Å². The van der Waals surface area contributed by atoms with E-state index >= 15 is 0 Å². The lowest BCUT2D eigenvalue weighted by molar-refractivity contribution is -0.116. The maximum absolute atomic E-state index is 12.5. The summed E-state index contributed by atoms with van der Waals surface area (Å²) in [5, 5.41) is 25.7. The van der Waals surface area contributed by atoms with Crippen LogP contribution in [0.25, 0.3) is 0 Å². The molecule has 1 fully saturated rings. The fraction of sp³-hybridized carbons (Fsp3) is 0.407. The summed E-state index contributed by atoms with van der Waals surface area (Å²) in [5.41, 5.74) is 2.51. The van der Waals surface area contributed by atoms with Gasteiger partial charge in [0.2, 0.25) is 22.1 Å². The number of carbonyl (C=O) groups excluding carboxylic acids is 2. The molecule has 40 heavy (non-hydrogen) atoms. The molecule has 0 radical (unpaired) electrons. The number of carbonyl (C=O) groups is 2. The number of aryl methyl sites for hydroxylation is 1. The average Bonchev–Trinajstić information content (AvgIpc) is 3.64. The van der Waals surface area contributed by atoms with Gasteiger partial charge in [-0.3, -0.25) is 19.6 Å². The van der Waals surface area contributed by atoms with Crippen molar-refractivity contribution in [3.63, 3.8) is 0 Å². The molecule has 1 aliphatic carbocycles. The zero-order valence-electron chi connectivity index (χ0n) is 22.3. The fourth-order valence-corrected chi connectivity index (χ4v) is 6.41. The summed E-state index contributed by atoms with van der Waals surface area (Å²) < 4.78 is 5.10. The highest BCUT2D eigenvalue weighted by atomic mass is 32.1. The first kappa shape index (κ1) is 27.7. The number of aromatic nitrogens is 6. The van der Waals surface area contributed by atoms with E-state index < -0.39 is 0 Å². The largest absolute Gasteiger partial charge is 0.495 e. The normalized spacial score (nSPS) is 16.9. The molecule has 1 saturated carbocycles. The van der Waals surface area contributed by atoms with Crippen LogP contribution in [0.1, 0.15) is 71.4 Å². The van der Waals surface area contributed by atoms with Crippen molar-refractivity contribution in [2.24, 2.45) is 0 Å². The van der Waals surface area contributed by atoms with Gasteiger partial charge in [-0.05, 0) is 49.4 Å². The van der Waals surface area contributed by atoms with E-state index in [1.54, 1.807) is 31.6 Å². The summed E-state index contributed by atoms with van der Waals surface area (Å²) in [4.78, 5) is 33.6. The Kier molecular flexibility index (Phi) is 9.01. The number of rotatable bonds is 10. The van der Waals surface area contributed by atoms with Gasteiger partial charge in [0.25, 0.3) is 0 Å². The zero-order chi connectivity index (χ0) is 27.9. The van der Waals surface area contributed by atoms with Crippen molar-refractivity contribution in [3.05, 3.63) is 63.6 Å². The third-order valence-electron chi connectivity index (χ3n) is 6.76. The summed E-state index contributed by atoms with van der Waals surface area (Å²) in [6.45, 7) is 2.07. The Morgan fingerprint density at radius 1 is 0.850 bits per heavy atom. The number of nitrogens with one attached hydrogen (secondary N) is 2. The molecule has 4 heterocycles. The lowest BCUT2D eigenvalue weighted by atomic mass is 9.82. The van der Waals surface area contributed by atoms with Gasteiger partial charge in [-0.2, -0.15) is 0 Å². The van der Waals surface area contributed by atoms with E-state index in [4.69, 9.17) is 4.74 Å². The maximum Gasteiger partial charge on any atom is 0.232 e. The van der Waals surface area contributed by atoms with Crippen LogP contribution in [0.4, 0.5) is 10.3 Å². The first-order chi connectivity index (χ1) is 19.5.